The first kappa shape index (κ1) is 14.7. The van der Waals surface area contributed by atoms with Gasteiger partial charge in [-0.1, -0.05) is 47.1 Å². The summed E-state index contributed by atoms with van der Waals surface area (Å²) < 4.78 is 14.3. The van der Waals surface area contributed by atoms with E-state index in [0.717, 1.165) is 12.0 Å². The van der Waals surface area contributed by atoms with Gasteiger partial charge in [0.25, 0.3) is 5.91 Å². The topological polar surface area (TPSA) is 29.1 Å². The Morgan fingerprint density at radius 1 is 1.20 bits per heavy atom. The maximum absolute atomic E-state index is 13.7. The molecular formula is C16H15BrFNO. The molecule has 0 aliphatic heterocycles. The van der Waals surface area contributed by atoms with Crippen LogP contribution in [0.3, 0.4) is 0 Å². The van der Waals surface area contributed by atoms with Crippen LogP contribution < -0.4 is 5.32 Å². The van der Waals surface area contributed by atoms with Crippen LogP contribution >= 0.6 is 15.9 Å². The van der Waals surface area contributed by atoms with Crippen molar-refractivity contribution in [1.29, 1.82) is 0 Å². The van der Waals surface area contributed by atoms with Crippen molar-refractivity contribution in [2.24, 2.45) is 0 Å². The highest BCUT2D eigenvalue weighted by molar-refractivity contribution is 9.10. The number of hydrogen-bond acceptors (Lipinski definition) is 1. The first-order valence-corrected chi connectivity index (χ1v) is 7.21. The fourth-order valence-corrected chi connectivity index (χ4v) is 2.35. The standard InChI is InChI=1S/C16H15BrFNO/c1-2-11-5-3-4-6-12(11)10-19-16(20)14-8-7-13(17)9-15(14)18/h3-9H,2,10H2,1H3,(H,19,20). The number of hydrogen-bond donors (Lipinski definition) is 1. The largest absolute Gasteiger partial charge is 0.348 e. The van der Waals surface area contributed by atoms with Gasteiger partial charge in [-0.25, -0.2) is 4.39 Å². The lowest BCUT2D eigenvalue weighted by molar-refractivity contribution is 0.0947. The number of rotatable bonds is 4. The molecule has 20 heavy (non-hydrogen) atoms. The Morgan fingerprint density at radius 2 is 1.90 bits per heavy atom. The molecule has 0 unspecified atom stereocenters. The molecule has 2 aromatic rings. The molecule has 0 aliphatic carbocycles. The van der Waals surface area contributed by atoms with E-state index in [1.807, 2.05) is 24.3 Å². The van der Waals surface area contributed by atoms with Gasteiger partial charge in [-0.2, -0.15) is 0 Å². The molecule has 0 bridgehead atoms. The minimum Gasteiger partial charge on any atom is -0.348 e. The van der Waals surface area contributed by atoms with E-state index in [1.54, 1.807) is 6.07 Å². The molecule has 0 saturated carbocycles. The monoisotopic (exact) mass is 335 g/mol. The molecule has 0 heterocycles. The Kier molecular flexibility index (Phi) is 4.90. The molecule has 2 nitrogen and oxygen atoms in total. The lowest BCUT2D eigenvalue weighted by atomic mass is 10.1. The third-order valence-electron chi connectivity index (χ3n) is 3.11. The SMILES string of the molecule is CCc1ccccc1CNC(=O)c1ccc(Br)cc1F. The number of amides is 1. The second kappa shape index (κ2) is 6.66. The predicted octanol–water partition coefficient (Wildman–Crippen LogP) is 4.08. The Balaban J connectivity index is 2.09. The Labute approximate surface area is 126 Å². The van der Waals surface area contributed by atoms with Gasteiger partial charge in [-0.3, -0.25) is 4.79 Å². The van der Waals surface area contributed by atoms with Crippen molar-refractivity contribution in [2.75, 3.05) is 0 Å². The normalized spacial score (nSPS) is 10.3. The summed E-state index contributed by atoms with van der Waals surface area (Å²) in [4.78, 5) is 12.0. The highest BCUT2D eigenvalue weighted by atomic mass is 79.9. The van der Waals surface area contributed by atoms with Crippen LogP contribution in [0.5, 0.6) is 0 Å². The van der Waals surface area contributed by atoms with Crippen molar-refractivity contribution in [2.45, 2.75) is 19.9 Å². The maximum Gasteiger partial charge on any atom is 0.254 e. The van der Waals surface area contributed by atoms with Crippen LogP contribution in [0, 0.1) is 5.82 Å². The van der Waals surface area contributed by atoms with Gasteiger partial charge in [0.05, 0.1) is 5.56 Å². The molecular weight excluding hydrogens is 321 g/mol. The fourth-order valence-electron chi connectivity index (χ4n) is 2.02. The molecule has 0 fully saturated rings. The van der Waals surface area contributed by atoms with E-state index in [1.165, 1.54) is 17.7 Å². The van der Waals surface area contributed by atoms with Gasteiger partial charge >= 0.3 is 0 Å². The van der Waals surface area contributed by atoms with Crippen molar-refractivity contribution in [3.63, 3.8) is 0 Å². The van der Waals surface area contributed by atoms with Gasteiger partial charge in [0.1, 0.15) is 5.82 Å². The molecule has 0 spiro atoms. The van der Waals surface area contributed by atoms with Crippen LogP contribution in [-0.4, -0.2) is 5.91 Å². The number of benzene rings is 2. The number of aryl methyl sites for hydroxylation is 1. The summed E-state index contributed by atoms with van der Waals surface area (Å²) in [6.07, 6.45) is 0.901. The molecule has 0 radical (unpaired) electrons. The summed E-state index contributed by atoms with van der Waals surface area (Å²) in [7, 11) is 0. The van der Waals surface area contributed by atoms with Crippen molar-refractivity contribution in [1.82, 2.24) is 5.32 Å². The van der Waals surface area contributed by atoms with Gasteiger partial charge in [0.15, 0.2) is 0 Å². The summed E-state index contributed by atoms with van der Waals surface area (Å²) in [5.41, 5.74) is 2.30. The quantitative estimate of drug-likeness (QED) is 0.896. The molecule has 1 N–H and O–H groups in total. The highest BCUT2D eigenvalue weighted by Gasteiger charge is 2.12. The summed E-state index contributed by atoms with van der Waals surface area (Å²) in [6, 6.07) is 12.3. The van der Waals surface area contributed by atoms with Gasteiger partial charge in [-0.05, 0) is 35.7 Å². The number of nitrogens with one attached hydrogen (secondary N) is 1. The molecule has 0 aromatic heterocycles. The van der Waals surface area contributed by atoms with Crippen molar-refractivity contribution in [3.8, 4) is 0 Å². The molecule has 0 atom stereocenters. The molecule has 0 saturated heterocycles. The van der Waals surface area contributed by atoms with Gasteiger partial charge in [0, 0.05) is 11.0 Å². The summed E-state index contributed by atoms with van der Waals surface area (Å²) in [5, 5.41) is 2.76. The summed E-state index contributed by atoms with van der Waals surface area (Å²) in [5.74, 6) is -0.929. The Hall–Kier alpha value is -1.68. The number of carbonyl (C=O) groups is 1. The molecule has 0 aliphatic rings. The number of carbonyl (C=O) groups excluding carboxylic acids is 1. The minimum atomic E-state index is -0.527. The van der Waals surface area contributed by atoms with Gasteiger partial charge in [0.2, 0.25) is 0 Å². The van der Waals surface area contributed by atoms with Crippen LogP contribution in [0.4, 0.5) is 4.39 Å². The lowest BCUT2D eigenvalue weighted by Crippen LogP contribution is -2.24. The zero-order valence-electron chi connectivity index (χ0n) is 11.1. The van der Waals surface area contributed by atoms with E-state index < -0.39 is 11.7 Å². The van der Waals surface area contributed by atoms with Crippen molar-refractivity contribution < 1.29 is 9.18 Å². The summed E-state index contributed by atoms with van der Waals surface area (Å²) >= 11 is 3.17. The first-order chi connectivity index (χ1) is 9.61. The molecule has 4 heteroatoms. The second-order valence-electron chi connectivity index (χ2n) is 4.43. The Bertz CT molecular complexity index is 628. The smallest absolute Gasteiger partial charge is 0.254 e. The number of halogens is 2. The third-order valence-corrected chi connectivity index (χ3v) is 3.61. The van der Waals surface area contributed by atoms with E-state index in [9.17, 15) is 9.18 Å². The highest BCUT2D eigenvalue weighted by Crippen LogP contribution is 2.15. The van der Waals surface area contributed by atoms with Crippen LogP contribution in [0.15, 0.2) is 46.9 Å². The second-order valence-corrected chi connectivity index (χ2v) is 5.34. The average molecular weight is 336 g/mol. The van der Waals surface area contributed by atoms with Crippen LogP contribution in [0.1, 0.15) is 28.4 Å². The minimum absolute atomic E-state index is 0.0576. The van der Waals surface area contributed by atoms with Gasteiger partial charge < -0.3 is 5.32 Å². The Morgan fingerprint density at radius 3 is 2.55 bits per heavy atom. The fraction of sp³-hybridized carbons (Fsp3) is 0.188. The van der Waals surface area contributed by atoms with Crippen LogP contribution in [0.25, 0.3) is 0 Å². The van der Waals surface area contributed by atoms with E-state index in [2.05, 4.69) is 28.2 Å². The molecule has 2 rings (SSSR count). The molecule has 1 amide bonds. The van der Waals surface area contributed by atoms with Gasteiger partial charge in [-0.15, -0.1) is 0 Å². The lowest BCUT2D eigenvalue weighted by Gasteiger charge is -2.10. The third kappa shape index (κ3) is 3.45. The van der Waals surface area contributed by atoms with E-state index in [-0.39, 0.29) is 5.56 Å². The van der Waals surface area contributed by atoms with Crippen LogP contribution in [0.2, 0.25) is 0 Å². The van der Waals surface area contributed by atoms with Crippen molar-refractivity contribution >= 4 is 21.8 Å². The summed E-state index contributed by atoms with van der Waals surface area (Å²) in [6.45, 7) is 2.47. The average Bonchev–Trinajstić information content (AvgIpc) is 2.45. The van der Waals surface area contributed by atoms with E-state index in [4.69, 9.17) is 0 Å². The van der Waals surface area contributed by atoms with E-state index in [0.29, 0.717) is 11.0 Å². The van der Waals surface area contributed by atoms with E-state index >= 15 is 0 Å². The van der Waals surface area contributed by atoms with Crippen molar-refractivity contribution in [3.05, 3.63) is 69.4 Å². The zero-order chi connectivity index (χ0) is 14.5. The predicted molar refractivity (Wildman–Crippen MR) is 81.1 cm³/mol. The first-order valence-electron chi connectivity index (χ1n) is 6.42. The molecule has 2 aromatic carbocycles. The maximum atomic E-state index is 13.7. The molecule has 104 valence electrons. The van der Waals surface area contributed by atoms with Crippen LogP contribution in [-0.2, 0) is 13.0 Å². The zero-order valence-corrected chi connectivity index (χ0v) is 12.7.